The second kappa shape index (κ2) is 7.05. The quantitative estimate of drug-likeness (QED) is 0.666. The lowest BCUT2D eigenvalue weighted by molar-refractivity contribution is -0.197. The van der Waals surface area contributed by atoms with Crippen molar-refractivity contribution in [2.45, 2.75) is 31.5 Å². The van der Waals surface area contributed by atoms with E-state index in [2.05, 4.69) is 15.4 Å². The number of halogens is 3. The van der Waals surface area contributed by atoms with Crippen molar-refractivity contribution in [1.82, 2.24) is 19.7 Å². The minimum Gasteiger partial charge on any atom is -0.309 e. The second-order valence-corrected chi connectivity index (χ2v) is 8.58. The number of aryl methyl sites for hydroxylation is 1. The van der Waals surface area contributed by atoms with E-state index in [0.29, 0.717) is 18.8 Å². The highest BCUT2D eigenvalue weighted by molar-refractivity contribution is 5.97. The van der Waals surface area contributed by atoms with Gasteiger partial charge < -0.3 is 5.32 Å². The van der Waals surface area contributed by atoms with Crippen LogP contribution in [0.4, 0.5) is 19.0 Å². The van der Waals surface area contributed by atoms with Crippen LogP contribution in [0.25, 0.3) is 21.9 Å². The van der Waals surface area contributed by atoms with Gasteiger partial charge in [-0.3, -0.25) is 14.4 Å². The molecule has 1 N–H and O–H groups in total. The normalized spacial score (nSPS) is 20.5. The van der Waals surface area contributed by atoms with Crippen molar-refractivity contribution in [3.8, 4) is 11.1 Å². The van der Waals surface area contributed by atoms with Crippen LogP contribution < -0.4 is 5.32 Å². The summed E-state index contributed by atoms with van der Waals surface area (Å²) in [5.41, 5.74) is 0.349. The van der Waals surface area contributed by atoms with E-state index in [-0.39, 0.29) is 25.3 Å². The van der Waals surface area contributed by atoms with Crippen LogP contribution in [-0.4, -0.2) is 50.9 Å². The Morgan fingerprint density at radius 2 is 2.00 bits per heavy atom. The minimum atomic E-state index is -4.21. The lowest BCUT2D eigenvalue weighted by atomic mass is 9.97. The van der Waals surface area contributed by atoms with Crippen molar-refractivity contribution in [2.75, 3.05) is 18.4 Å². The first-order valence-corrected chi connectivity index (χ1v) is 10.2. The predicted octanol–water partition coefficient (Wildman–Crippen LogP) is 3.99. The summed E-state index contributed by atoms with van der Waals surface area (Å²) in [5.74, 6) is 0.0872. The van der Waals surface area contributed by atoms with E-state index in [9.17, 15) is 18.0 Å². The Labute approximate surface area is 177 Å². The maximum Gasteiger partial charge on any atom is 0.395 e. The number of carbonyl (C=O) groups excluding carboxylic acids is 1. The highest BCUT2D eigenvalue weighted by Crippen LogP contribution is 2.58. The number of nitrogens with zero attached hydrogens (tertiary/aromatic N) is 4. The highest BCUT2D eigenvalue weighted by Gasteiger charge is 2.64. The molecule has 1 aliphatic heterocycles. The summed E-state index contributed by atoms with van der Waals surface area (Å²) in [7, 11) is 1.85. The van der Waals surface area contributed by atoms with Gasteiger partial charge in [0.25, 0.3) is 0 Å². The summed E-state index contributed by atoms with van der Waals surface area (Å²) in [6, 6.07) is 7.18. The van der Waals surface area contributed by atoms with E-state index in [1.165, 1.54) is 0 Å². The van der Waals surface area contributed by atoms with Gasteiger partial charge in [0.15, 0.2) is 0 Å². The molecule has 2 fully saturated rings. The Bertz CT molecular complexity index is 1150. The number of aromatic nitrogens is 3. The first kappa shape index (κ1) is 20.0. The van der Waals surface area contributed by atoms with Gasteiger partial charge in [-0.2, -0.15) is 18.3 Å². The minimum absolute atomic E-state index is 0.103. The van der Waals surface area contributed by atoms with Crippen molar-refractivity contribution >= 4 is 22.5 Å². The predicted molar refractivity (Wildman–Crippen MR) is 110 cm³/mol. The number of hydrogen-bond acceptors (Lipinski definition) is 4. The molecule has 1 saturated carbocycles. The number of fused-ring (bicyclic) bond motifs is 1. The average Bonchev–Trinajstić information content (AvgIpc) is 3.38. The number of hydrogen-bond donors (Lipinski definition) is 1. The van der Waals surface area contributed by atoms with E-state index < -0.39 is 17.6 Å². The van der Waals surface area contributed by atoms with Crippen LogP contribution in [0.1, 0.15) is 19.3 Å². The van der Waals surface area contributed by atoms with Crippen LogP contribution in [-0.2, 0) is 11.8 Å². The molecule has 2 aromatic heterocycles. The van der Waals surface area contributed by atoms with Crippen molar-refractivity contribution < 1.29 is 18.0 Å². The first-order valence-electron chi connectivity index (χ1n) is 10.2. The van der Waals surface area contributed by atoms with E-state index in [1.54, 1.807) is 28.0 Å². The molecule has 31 heavy (non-hydrogen) atoms. The van der Waals surface area contributed by atoms with Crippen LogP contribution in [0.2, 0.25) is 0 Å². The smallest absolute Gasteiger partial charge is 0.309 e. The topological polar surface area (TPSA) is 63.1 Å². The summed E-state index contributed by atoms with van der Waals surface area (Å²) >= 11 is 0. The maximum atomic E-state index is 13.3. The molecule has 1 atom stereocenters. The van der Waals surface area contributed by atoms with E-state index in [0.717, 1.165) is 21.9 Å². The van der Waals surface area contributed by atoms with Gasteiger partial charge in [0.2, 0.25) is 5.91 Å². The first-order chi connectivity index (χ1) is 14.7. The average molecular weight is 429 g/mol. The molecule has 2 aliphatic rings. The molecule has 6 nitrogen and oxygen atoms in total. The highest BCUT2D eigenvalue weighted by atomic mass is 19.4. The van der Waals surface area contributed by atoms with Crippen molar-refractivity contribution in [1.29, 1.82) is 0 Å². The SMILES string of the molecule is Cn1cc(-c2ccc3cnc(NC(=O)C4CCN4CC4(C(F)(F)F)CC4)cc3c2)cn1. The molecule has 9 heteroatoms. The Hall–Kier alpha value is -2.94. The number of likely N-dealkylation sites (tertiary alicyclic amines) is 1. The van der Waals surface area contributed by atoms with Gasteiger partial charge in [0, 0.05) is 43.5 Å². The summed E-state index contributed by atoms with van der Waals surface area (Å²) in [6.45, 7) is 0.406. The zero-order chi connectivity index (χ0) is 21.8. The van der Waals surface area contributed by atoms with Gasteiger partial charge in [-0.1, -0.05) is 12.1 Å². The molecule has 1 unspecified atom stereocenters. The van der Waals surface area contributed by atoms with Crippen molar-refractivity contribution in [3.63, 3.8) is 0 Å². The fourth-order valence-corrected chi connectivity index (χ4v) is 4.17. The number of amides is 1. The van der Waals surface area contributed by atoms with E-state index >= 15 is 0 Å². The maximum absolute atomic E-state index is 13.3. The lowest BCUT2D eigenvalue weighted by Gasteiger charge is -2.42. The van der Waals surface area contributed by atoms with Crippen molar-refractivity contribution in [2.24, 2.45) is 12.5 Å². The molecule has 3 heterocycles. The molecule has 1 aromatic carbocycles. The van der Waals surface area contributed by atoms with Gasteiger partial charge in [0.05, 0.1) is 17.7 Å². The molecular weight excluding hydrogens is 407 g/mol. The molecule has 3 aromatic rings. The Morgan fingerprint density at radius 1 is 1.19 bits per heavy atom. The van der Waals surface area contributed by atoms with Gasteiger partial charge >= 0.3 is 6.18 Å². The molecule has 0 radical (unpaired) electrons. The number of nitrogens with one attached hydrogen (secondary N) is 1. The number of carbonyl (C=O) groups is 1. The third kappa shape index (κ3) is 3.67. The molecule has 1 aliphatic carbocycles. The standard InChI is InChI=1S/C22H22F3N5O/c1-29-12-17(11-27-29)14-2-3-15-10-26-19(9-16(15)8-14)28-20(31)18-4-7-30(18)13-21(5-6-21)22(23,24)25/h2-3,8-12,18H,4-7,13H2,1H3,(H,26,28,31). The summed E-state index contributed by atoms with van der Waals surface area (Å²) in [5, 5.41) is 8.81. The van der Waals surface area contributed by atoms with E-state index in [1.807, 2.05) is 31.4 Å². The molecule has 0 bridgehead atoms. The Morgan fingerprint density at radius 3 is 2.61 bits per heavy atom. The second-order valence-electron chi connectivity index (χ2n) is 8.58. The summed E-state index contributed by atoms with van der Waals surface area (Å²) in [6.07, 6.45) is 2.01. The van der Waals surface area contributed by atoms with Crippen LogP contribution in [0.15, 0.2) is 42.9 Å². The number of alkyl halides is 3. The van der Waals surface area contributed by atoms with Gasteiger partial charge in [-0.25, -0.2) is 4.98 Å². The molecule has 5 rings (SSSR count). The molecule has 0 spiro atoms. The molecule has 1 amide bonds. The number of rotatable bonds is 5. The van der Waals surface area contributed by atoms with E-state index in [4.69, 9.17) is 0 Å². The van der Waals surface area contributed by atoms with Crippen LogP contribution in [0, 0.1) is 5.41 Å². The number of benzene rings is 1. The Kier molecular flexibility index (Phi) is 4.55. The van der Waals surface area contributed by atoms with Crippen LogP contribution in [0.5, 0.6) is 0 Å². The summed E-state index contributed by atoms with van der Waals surface area (Å²) in [4.78, 5) is 18.6. The third-order valence-corrected chi connectivity index (χ3v) is 6.41. The number of anilines is 1. The zero-order valence-corrected chi connectivity index (χ0v) is 17.0. The Balaban J connectivity index is 1.30. The fraction of sp³-hybridized carbons (Fsp3) is 0.409. The third-order valence-electron chi connectivity index (χ3n) is 6.41. The molecule has 162 valence electrons. The van der Waals surface area contributed by atoms with Crippen LogP contribution in [0.3, 0.4) is 0 Å². The molecule has 1 saturated heterocycles. The van der Waals surface area contributed by atoms with Gasteiger partial charge in [0.1, 0.15) is 5.82 Å². The number of pyridine rings is 1. The lowest BCUT2D eigenvalue weighted by Crippen LogP contribution is -2.57. The monoisotopic (exact) mass is 429 g/mol. The van der Waals surface area contributed by atoms with Gasteiger partial charge in [-0.05, 0) is 42.3 Å². The summed E-state index contributed by atoms with van der Waals surface area (Å²) < 4.78 is 41.5. The largest absolute Gasteiger partial charge is 0.395 e. The van der Waals surface area contributed by atoms with Crippen LogP contribution >= 0.6 is 0 Å². The van der Waals surface area contributed by atoms with Crippen molar-refractivity contribution in [3.05, 3.63) is 42.9 Å². The molecular formula is C22H22F3N5O. The van der Waals surface area contributed by atoms with Gasteiger partial charge in [-0.15, -0.1) is 0 Å². The zero-order valence-electron chi connectivity index (χ0n) is 17.0. The fourth-order valence-electron chi connectivity index (χ4n) is 4.17.